The maximum atomic E-state index is 11.6. The highest BCUT2D eigenvalue weighted by molar-refractivity contribution is 7.98. The van der Waals surface area contributed by atoms with E-state index in [0.717, 1.165) is 0 Å². The van der Waals surface area contributed by atoms with E-state index in [2.05, 4.69) is 0 Å². The summed E-state index contributed by atoms with van der Waals surface area (Å²) in [5.41, 5.74) is 0. The van der Waals surface area contributed by atoms with Crippen molar-refractivity contribution in [3.05, 3.63) is 53.6 Å². The lowest BCUT2D eigenvalue weighted by molar-refractivity contribution is -0.148. The van der Waals surface area contributed by atoms with Crippen molar-refractivity contribution in [2.24, 2.45) is 0 Å². The molecular formula is C17H17ClO4S. The predicted octanol–water partition coefficient (Wildman–Crippen LogP) is 4.76. The molecule has 2 aromatic carbocycles. The van der Waals surface area contributed by atoms with Crippen molar-refractivity contribution < 1.29 is 19.0 Å². The first-order chi connectivity index (χ1) is 11.1. The topological polar surface area (TPSA) is 44.8 Å². The molecule has 0 N–H and O–H groups in total. The van der Waals surface area contributed by atoms with Crippen molar-refractivity contribution in [3.63, 3.8) is 0 Å². The second-order valence-electron chi connectivity index (χ2n) is 4.66. The highest BCUT2D eigenvalue weighted by Crippen LogP contribution is 2.25. The molecule has 1 atom stereocenters. The van der Waals surface area contributed by atoms with Gasteiger partial charge in [0, 0.05) is 5.02 Å². The van der Waals surface area contributed by atoms with E-state index in [1.165, 1.54) is 11.8 Å². The summed E-state index contributed by atoms with van der Waals surface area (Å²) >= 11 is 7.26. The molecule has 0 saturated carbocycles. The molecule has 0 aliphatic heterocycles. The van der Waals surface area contributed by atoms with E-state index in [9.17, 15) is 4.79 Å². The summed E-state index contributed by atoms with van der Waals surface area (Å²) in [4.78, 5) is 11.6. The van der Waals surface area contributed by atoms with Gasteiger partial charge >= 0.3 is 5.97 Å². The molecular weight excluding hydrogens is 336 g/mol. The quantitative estimate of drug-likeness (QED) is 0.531. The van der Waals surface area contributed by atoms with E-state index in [0.29, 0.717) is 28.2 Å². The van der Waals surface area contributed by atoms with Crippen LogP contribution in [0.3, 0.4) is 0 Å². The standard InChI is InChI=1S/C17H17ClO4S/c1-12(17(19)20-11-23-2)21-14-7-9-16(10-8-14)22-15-5-3-13(18)4-6-15/h3-10,12H,11H2,1-2H3/t12-/m1/s1. The fraction of sp³-hybridized carbons (Fsp3) is 0.235. The summed E-state index contributed by atoms with van der Waals surface area (Å²) in [6, 6.07) is 14.1. The Hall–Kier alpha value is -1.85. The van der Waals surface area contributed by atoms with Gasteiger partial charge in [-0.1, -0.05) is 11.6 Å². The van der Waals surface area contributed by atoms with Gasteiger partial charge in [0.2, 0.25) is 0 Å². The predicted molar refractivity (Wildman–Crippen MR) is 92.5 cm³/mol. The Labute approximate surface area is 144 Å². The number of carbonyl (C=O) groups is 1. The molecule has 0 saturated heterocycles. The molecule has 0 heterocycles. The van der Waals surface area contributed by atoms with Crippen LogP contribution in [0.1, 0.15) is 6.92 Å². The minimum absolute atomic E-state index is 0.320. The van der Waals surface area contributed by atoms with Gasteiger partial charge < -0.3 is 14.2 Å². The Balaban J connectivity index is 1.91. The molecule has 2 rings (SSSR count). The number of esters is 1. The van der Waals surface area contributed by atoms with Gasteiger partial charge in [-0.2, -0.15) is 0 Å². The molecule has 0 aromatic heterocycles. The van der Waals surface area contributed by atoms with Crippen molar-refractivity contribution >= 4 is 29.3 Å². The molecule has 122 valence electrons. The summed E-state index contributed by atoms with van der Waals surface area (Å²) in [5, 5.41) is 0.656. The van der Waals surface area contributed by atoms with Crippen LogP contribution in [0, 0.1) is 0 Å². The zero-order valence-corrected chi connectivity index (χ0v) is 14.4. The SMILES string of the molecule is CSCOC(=O)[C@@H](C)Oc1ccc(Oc2ccc(Cl)cc2)cc1. The minimum atomic E-state index is -0.662. The maximum absolute atomic E-state index is 11.6. The molecule has 0 radical (unpaired) electrons. The van der Waals surface area contributed by atoms with Gasteiger partial charge in [-0.25, -0.2) is 4.79 Å². The van der Waals surface area contributed by atoms with Gasteiger partial charge in [0.15, 0.2) is 6.10 Å². The Bertz CT molecular complexity index is 628. The molecule has 2 aromatic rings. The molecule has 0 amide bonds. The Kier molecular flexibility index (Phi) is 6.62. The van der Waals surface area contributed by atoms with Crippen LogP contribution in [0.25, 0.3) is 0 Å². The van der Waals surface area contributed by atoms with Gasteiger partial charge in [-0.15, -0.1) is 11.8 Å². The second-order valence-corrected chi connectivity index (χ2v) is 5.91. The minimum Gasteiger partial charge on any atom is -0.479 e. The highest BCUT2D eigenvalue weighted by atomic mass is 35.5. The number of ether oxygens (including phenoxy) is 3. The van der Waals surface area contributed by atoms with Crippen LogP contribution in [0.4, 0.5) is 0 Å². The number of carbonyl (C=O) groups excluding carboxylic acids is 1. The summed E-state index contributed by atoms with van der Waals surface area (Å²) in [6.07, 6.45) is 1.20. The van der Waals surface area contributed by atoms with Crippen molar-refractivity contribution in [1.82, 2.24) is 0 Å². The van der Waals surface area contributed by atoms with Gasteiger partial charge in [0.1, 0.15) is 23.2 Å². The molecule has 0 unspecified atom stereocenters. The monoisotopic (exact) mass is 352 g/mol. The fourth-order valence-electron chi connectivity index (χ4n) is 1.71. The smallest absolute Gasteiger partial charge is 0.347 e. The zero-order chi connectivity index (χ0) is 16.7. The number of hydrogen-bond donors (Lipinski definition) is 0. The molecule has 6 heteroatoms. The molecule has 0 fully saturated rings. The van der Waals surface area contributed by atoms with E-state index in [4.69, 9.17) is 25.8 Å². The van der Waals surface area contributed by atoms with Crippen LogP contribution in [-0.2, 0) is 9.53 Å². The molecule has 4 nitrogen and oxygen atoms in total. The molecule has 0 aliphatic carbocycles. The molecule has 0 spiro atoms. The van der Waals surface area contributed by atoms with Gasteiger partial charge in [0.05, 0.1) is 0 Å². The van der Waals surface area contributed by atoms with Crippen LogP contribution < -0.4 is 9.47 Å². The molecule has 23 heavy (non-hydrogen) atoms. The van der Waals surface area contributed by atoms with Crippen LogP contribution in [0.2, 0.25) is 5.02 Å². The first-order valence-corrected chi connectivity index (χ1v) is 8.71. The third-order valence-electron chi connectivity index (χ3n) is 2.84. The average molecular weight is 353 g/mol. The lowest BCUT2D eigenvalue weighted by Crippen LogP contribution is -2.25. The van der Waals surface area contributed by atoms with Gasteiger partial charge in [-0.05, 0) is 61.7 Å². The van der Waals surface area contributed by atoms with E-state index in [1.807, 2.05) is 6.26 Å². The Morgan fingerprint density at radius 2 is 1.57 bits per heavy atom. The van der Waals surface area contributed by atoms with Gasteiger partial charge in [0.25, 0.3) is 0 Å². The summed E-state index contributed by atoms with van der Waals surface area (Å²) in [6.45, 7) is 1.65. The third-order valence-corrected chi connectivity index (χ3v) is 3.44. The van der Waals surface area contributed by atoms with Crippen LogP contribution in [-0.4, -0.2) is 24.3 Å². The summed E-state index contributed by atoms with van der Waals surface area (Å²) in [7, 11) is 0. The number of rotatable bonds is 7. The van der Waals surface area contributed by atoms with E-state index < -0.39 is 6.10 Å². The van der Waals surface area contributed by atoms with Crippen molar-refractivity contribution in [3.8, 4) is 17.2 Å². The zero-order valence-electron chi connectivity index (χ0n) is 12.8. The van der Waals surface area contributed by atoms with Crippen LogP contribution in [0.15, 0.2) is 48.5 Å². The maximum Gasteiger partial charge on any atom is 0.347 e. The lowest BCUT2D eigenvalue weighted by Gasteiger charge is -2.14. The van der Waals surface area contributed by atoms with Crippen molar-refractivity contribution in [2.75, 3.05) is 12.2 Å². The largest absolute Gasteiger partial charge is 0.479 e. The number of thioether (sulfide) groups is 1. The first-order valence-electron chi connectivity index (χ1n) is 6.94. The number of hydrogen-bond acceptors (Lipinski definition) is 5. The highest BCUT2D eigenvalue weighted by Gasteiger charge is 2.16. The average Bonchev–Trinajstić information content (AvgIpc) is 2.56. The van der Waals surface area contributed by atoms with Gasteiger partial charge in [-0.3, -0.25) is 0 Å². The summed E-state index contributed by atoms with van der Waals surface area (Å²) in [5.74, 6) is 1.86. The Morgan fingerprint density at radius 3 is 2.13 bits per heavy atom. The number of halogens is 1. The van der Waals surface area contributed by atoms with E-state index in [-0.39, 0.29) is 5.97 Å². The van der Waals surface area contributed by atoms with E-state index >= 15 is 0 Å². The third kappa shape index (κ3) is 5.69. The Morgan fingerprint density at radius 1 is 1.04 bits per heavy atom. The van der Waals surface area contributed by atoms with Crippen LogP contribution >= 0.6 is 23.4 Å². The van der Waals surface area contributed by atoms with Crippen molar-refractivity contribution in [1.29, 1.82) is 0 Å². The van der Waals surface area contributed by atoms with Crippen molar-refractivity contribution in [2.45, 2.75) is 13.0 Å². The number of benzene rings is 2. The first kappa shape index (κ1) is 17.5. The fourth-order valence-corrected chi connectivity index (χ4v) is 2.07. The second kappa shape index (κ2) is 8.70. The van der Waals surface area contributed by atoms with Crippen LogP contribution in [0.5, 0.6) is 17.2 Å². The van der Waals surface area contributed by atoms with E-state index in [1.54, 1.807) is 55.5 Å². The molecule has 0 bridgehead atoms. The lowest BCUT2D eigenvalue weighted by atomic mass is 10.3. The molecule has 0 aliphatic rings. The normalized spacial score (nSPS) is 11.6. The summed E-state index contributed by atoms with van der Waals surface area (Å²) < 4.78 is 16.2.